The Morgan fingerprint density at radius 3 is 2.17 bits per heavy atom. The summed E-state index contributed by atoms with van der Waals surface area (Å²) in [5.74, 6) is 0.800. The summed E-state index contributed by atoms with van der Waals surface area (Å²) in [5.41, 5.74) is 2.97. The lowest BCUT2D eigenvalue weighted by Gasteiger charge is -2.19. The number of amides is 1. The van der Waals surface area contributed by atoms with Gasteiger partial charge in [0.05, 0.1) is 11.8 Å². The van der Waals surface area contributed by atoms with Crippen LogP contribution >= 0.6 is 11.8 Å². The Balaban J connectivity index is 1.42. The predicted molar refractivity (Wildman–Crippen MR) is 113 cm³/mol. The molecule has 0 saturated carbocycles. The van der Waals surface area contributed by atoms with Crippen LogP contribution in [0.25, 0.3) is 11.4 Å². The zero-order valence-corrected chi connectivity index (χ0v) is 16.3. The van der Waals surface area contributed by atoms with Gasteiger partial charge in [-0.2, -0.15) is 0 Å². The molecule has 2 N–H and O–H groups in total. The van der Waals surface area contributed by atoms with E-state index < -0.39 is 0 Å². The van der Waals surface area contributed by atoms with Crippen LogP contribution in [0, 0.1) is 0 Å². The summed E-state index contributed by atoms with van der Waals surface area (Å²) in [5, 5.41) is 10.7. The van der Waals surface area contributed by atoms with Crippen LogP contribution in [-0.2, 0) is 4.79 Å². The summed E-state index contributed by atoms with van der Waals surface area (Å²) in [6.45, 7) is 0. The van der Waals surface area contributed by atoms with Gasteiger partial charge >= 0.3 is 0 Å². The van der Waals surface area contributed by atoms with Gasteiger partial charge < -0.3 is 5.32 Å². The first kappa shape index (κ1) is 18.9. The summed E-state index contributed by atoms with van der Waals surface area (Å²) in [7, 11) is 0. The molecule has 4 aromatic rings. The maximum absolute atomic E-state index is 12.6. The molecule has 0 spiro atoms. The van der Waals surface area contributed by atoms with E-state index in [-0.39, 0.29) is 17.7 Å². The largest absolute Gasteiger partial charge is 0.344 e. The Labute approximate surface area is 172 Å². The fourth-order valence-electron chi connectivity index (χ4n) is 2.93. The third kappa shape index (κ3) is 4.89. The Bertz CT molecular complexity index is 1010. The molecule has 2 heterocycles. The number of carbonyl (C=O) groups is 1. The Kier molecular flexibility index (Phi) is 5.97. The van der Waals surface area contributed by atoms with Crippen LogP contribution in [0.5, 0.6) is 0 Å². The maximum Gasteiger partial charge on any atom is 0.231 e. The lowest BCUT2D eigenvalue weighted by atomic mass is 9.99. The van der Waals surface area contributed by atoms with Crippen LogP contribution in [0.2, 0.25) is 0 Å². The highest BCUT2D eigenvalue weighted by Gasteiger charge is 2.17. The van der Waals surface area contributed by atoms with Gasteiger partial charge in [0.25, 0.3) is 0 Å². The Morgan fingerprint density at radius 2 is 1.55 bits per heavy atom. The van der Waals surface area contributed by atoms with Crippen LogP contribution in [0.1, 0.15) is 17.2 Å². The monoisotopic (exact) mass is 401 g/mol. The highest BCUT2D eigenvalue weighted by molar-refractivity contribution is 7.99. The first-order valence-corrected chi connectivity index (χ1v) is 10.1. The van der Waals surface area contributed by atoms with E-state index in [1.165, 1.54) is 11.8 Å². The lowest BCUT2D eigenvalue weighted by molar-refractivity contribution is -0.119. The predicted octanol–water partition coefficient (Wildman–Crippen LogP) is 3.86. The fraction of sp³-hybridized carbons (Fsp3) is 0.0909. The molecule has 6 nitrogen and oxygen atoms in total. The number of thioether (sulfide) groups is 1. The molecule has 7 heteroatoms. The van der Waals surface area contributed by atoms with Crippen molar-refractivity contribution < 1.29 is 4.79 Å². The van der Waals surface area contributed by atoms with E-state index >= 15 is 0 Å². The topological polar surface area (TPSA) is 83.6 Å². The second kappa shape index (κ2) is 9.16. The van der Waals surface area contributed by atoms with Crippen LogP contribution in [0.4, 0.5) is 0 Å². The van der Waals surface area contributed by atoms with E-state index in [1.54, 1.807) is 12.4 Å². The Morgan fingerprint density at radius 1 is 0.931 bits per heavy atom. The zero-order chi connectivity index (χ0) is 19.9. The first-order valence-electron chi connectivity index (χ1n) is 9.14. The van der Waals surface area contributed by atoms with Crippen molar-refractivity contribution in [3.8, 4) is 11.4 Å². The second-order valence-corrected chi connectivity index (χ2v) is 7.26. The minimum absolute atomic E-state index is 0.0806. The number of pyridine rings is 1. The lowest BCUT2D eigenvalue weighted by Crippen LogP contribution is -2.30. The van der Waals surface area contributed by atoms with Crippen LogP contribution < -0.4 is 5.32 Å². The quantitative estimate of drug-likeness (QED) is 0.460. The number of H-pyrrole nitrogens is 1. The molecule has 2 aromatic carbocycles. The fourth-order valence-corrected chi connectivity index (χ4v) is 3.54. The number of nitrogens with one attached hydrogen (secondary N) is 2. The van der Waals surface area contributed by atoms with E-state index in [9.17, 15) is 4.79 Å². The molecule has 2 aromatic heterocycles. The average Bonchev–Trinajstić information content (AvgIpc) is 3.27. The molecule has 1 amide bonds. The molecule has 0 aliphatic carbocycles. The van der Waals surface area contributed by atoms with Gasteiger partial charge in [0.2, 0.25) is 11.1 Å². The minimum Gasteiger partial charge on any atom is -0.344 e. The third-order valence-corrected chi connectivity index (χ3v) is 5.17. The summed E-state index contributed by atoms with van der Waals surface area (Å²) >= 11 is 1.30. The van der Waals surface area contributed by atoms with E-state index in [1.807, 2.05) is 72.8 Å². The summed E-state index contributed by atoms with van der Waals surface area (Å²) in [4.78, 5) is 21.1. The molecule has 144 valence electrons. The molecule has 0 unspecified atom stereocenters. The van der Waals surface area contributed by atoms with Gasteiger partial charge in [0.15, 0.2) is 5.82 Å². The molecule has 4 rings (SSSR count). The number of hydrogen-bond acceptors (Lipinski definition) is 5. The highest BCUT2D eigenvalue weighted by atomic mass is 32.2. The highest BCUT2D eigenvalue weighted by Crippen LogP contribution is 2.23. The van der Waals surface area contributed by atoms with Gasteiger partial charge in [-0.3, -0.25) is 14.9 Å². The number of aromatic nitrogens is 4. The van der Waals surface area contributed by atoms with Crippen molar-refractivity contribution in [2.45, 2.75) is 11.2 Å². The number of rotatable bonds is 7. The van der Waals surface area contributed by atoms with Crippen LogP contribution in [-0.4, -0.2) is 31.8 Å². The number of benzene rings is 2. The van der Waals surface area contributed by atoms with E-state index in [0.29, 0.717) is 11.0 Å². The van der Waals surface area contributed by atoms with Crippen molar-refractivity contribution in [1.29, 1.82) is 0 Å². The van der Waals surface area contributed by atoms with E-state index in [0.717, 1.165) is 16.7 Å². The first-order chi connectivity index (χ1) is 14.3. The average molecular weight is 401 g/mol. The zero-order valence-electron chi connectivity index (χ0n) is 15.5. The SMILES string of the molecule is O=C(CSc1n[nH]c(-c2ccncc2)n1)NC(c1ccccc1)c1ccccc1. The van der Waals surface area contributed by atoms with E-state index in [2.05, 4.69) is 25.5 Å². The number of nitrogens with zero attached hydrogens (tertiary/aromatic N) is 3. The van der Waals surface area contributed by atoms with Crippen LogP contribution in [0.15, 0.2) is 90.3 Å². The molecule has 29 heavy (non-hydrogen) atoms. The molecule has 0 aliphatic rings. The van der Waals surface area contributed by atoms with Gasteiger partial charge in [-0.25, -0.2) is 4.98 Å². The molecule has 0 saturated heterocycles. The number of carbonyl (C=O) groups excluding carboxylic acids is 1. The van der Waals surface area contributed by atoms with Gasteiger partial charge in [-0.1, -0.05) is 72.4 Å². The van der Waals surface area contributed by atoms with Gasteiger partial charge in [-0.05, 0) is 23.3 Å². The third-order valence-electron chi connectivity index (χ3n) is 4.32. The van der Waals surface area contributed by atoms with Gasteiger partial charge in [-0.15, -0.1) is 5.10 Å². The van der Waals surface area contributed by atoms with Crippen LogP contribution in [0.3, 0.4) is 0 Å². The normalized spacial score (nSPS) is 10.8. The van der Waals surface area contributed by atoms with Gasteiger partial charge in [0.1, 0.15) is 0 Å². The Hall–Kier alpha value is -3.45. The molecule has 0 radical (unpaired) electrons. The summed E-state index contributed by atoms with van der Waals surface area (Å²) in [6.07, 6.45) is 3.40. The summed E-state index contributed by atoms with van der Waals surface area (Å²) < 4.78 is 0. The molecule has 0 fully saturated rings. The smallest absolute Gasteiger partial charge is 0.231 e. The number of hydrogen-bond donors (Lipinski definition) is 2. The van der Waals surface area contributed by atoms with Gasteiger partial charge in [0, 0.05) is 18.0 Å². The van der Waals surface area contributed by atoms with Crippen molar-refractivity contribution in [3.63, 3.8) is 0 Å². The van der Waals surface area contributed by atoms with Crippen molar-refractivity contribution in [2.75, 3.05) is 5.75 Å². The molecule has 0 bridgehead atoms. The minimum atomic E-state index is -0.204. The second-order valence-electron chi connectivity index (χ2n) is 6.31. The van der Waals surface area contributed by atoms with Crippen molar-refractivity contribution in [2.24, 2.45) is 0 Å². The molecule has 0 atom stereocenters. The van der Waals surface area contributed by atoms with Crippen molar-refractivity contribution in [1.82, 2.24) is 25.5 Å². The standard InChI is InChI=1S/C22H19N5OS/c28-19(15-29-22-25-21(26-27-22)18-11-13-23-14-12-18)24-20(16-7-3-1-4-8-16)17-9-5-2-6-10-17/h1-14,20H,15H2,(H,24,28)(H,25,26,27). The molecule has 0 aliphatic heterocycles. The molecular weight excluding hydrogens is 382 g/mol. The summed E-state index contributed by atoms with van der Waals surface area (Å²) in [6, 6.07) is 23.4. The van der Waals surface area contributed by atoms with Crippen molar-refractivity contribution in [3.05, 3.63) is 96.3 Å². The maximum atomic E-state index is 12.6. The van der Waals surface area contributed by atoms with E-state index in [4.69, 9.17) is 0 Å². The van der Waals surface area contributed by atoms with Crippen molar-refractivity contribution >= 4 is 17.7 Å². The molecular formula is C22H19N5OS. The number of aromatic amines is 1.